The molecule has 0 saturated carbocycles. The number of rotatable bonds is 9. The molecule has 2 heterocycles. The molecule has 13 heteroatoms. The van der Waals surface area contributed by atoms with Crippen LogP contribution in [-0.4, -0.2) is 77.9 Å². The third-order valence-electron chi connectivity index (χ3n) is 6.88. The van der Waals surface area contributed by atoms with Crippen LogP contribution in [0.1, 0.15) is 34.8 Å². The molecule has 3 atom stereocenters. The van der Waals surface area contributed by atoms with Crippen LogP contribution in [0.2, 0.25) is 0 Å². The van der Waals surface area contributed by atoms with E-state index in [-0.39, 0.29) is 37.5 Å². The minimum atomic E-state index is -2.03. The molecular weight excluding hydrogens is 536 g/mol. The van der Waals surface area contributed by atoms with E-state index in [2.05, 4.69) is 16.0 Å². The molecule has 3 amide bonds. The number of carbonyl (C=O) groups excluding carboxylic acids is 5. The van der Waals surface area contributed by atoms with Crippen molar-refractivity contribution in [2.45, 2.75) is 39.1 Å². The van der Waals surface area contributed by atoms with Crippen molar-refractivity contribution in [3.8, 4) is 5.75 Å². The summed E-state index contributed by atoms with van der Waals surface area (Å²) < 4.78 is 10.6. The molecule has 0 aromatic heterocycles. The van der Waals surface area contributed by atoms with Crippen molar-refractivity contribution >= 4 is 40.8 Å². The quantitative estimate of drug-likeness (QED) is 0.162. The van der Waals surface area contributed by atoms with E-state index in [1.165, 1.54) is 12.1 Å². The number of aromatic hydroxyl groups is 1. The number of benzene rings is 2. The molecule has 5 N–H and O–H groups in total. The fraction of sp³-hybridized carbons (Fsp3) is 0.393. The lowest BCUT2D eigenvalue weighted by molar-refractivity contribution is -0.140. The van der Waals surface area contributed by atoms with Crippen molar-refractivity contribution < 1.29 is 43.7 Å². The first-order valence-electron chi connectivity index (χ1n) is 13.0. The van der Waals surface area contributed by atoms with Crippen molar-refractivity contribution in [3.05, 3.63) is 53.1 Å². The fourth-order valence-corrected chi connectivity index (χ4v) is 4.86. The third kappa shape index (κ3) is 6.31. The van der Waals surface area contributed by atoms with Gasteiger partial charge in [0.2, 0.25) is 11.8 Å². The molecule has 0 radical (unpaired) electrons. The number of ether oxygens (including phenoxy) is 2. The molecule has 0 aliphatic carbocycles. The molecular formula is C28H32N4O9. The molecule has 1 fully saturated rings. The Morgan fingerprint density at radius 1 is 1.20 bits per heavy atom. The number of ketones is 1. The Morgan fingerprint density at radius 3 is 2.51 bits per heavy atom. The molecule has 4 rings (SSSR count). The monoisotopic (exact) mass is 568 g/mol. The molecule has 2 aliphatic rings. The molecule has 1 unspecified atom stereocenters. The number of aliphatic hydroxyl groups is 1. The molecule has 13 nitrogen and oxygen atoms in total. The van der Waals surface area contributed by atoms with E-state index >= 15 is 0 Å². The number of hydrogen-bond acceptors (Lipinski definition) is 10. The van der Waals surface area contributed by atoms with Crippen molar-refractivity contribution in [1.82, 2.24) is 10.6 Å². The van der Waals surface area contributed by atoms with Crippen LogP contribution in [0, 0.1) is 19.8 Å². The van der Waals surface area contributed by atoms with Crippen molar-refractivity contribution in [1.29, 1.82) is 0 Å². The first-order valence-corrected chi connectivity index (χ1v) is 13.0. The third-order valence-corrected chi connectivity index (χ3v) is 6.88. The highest BCUT2D eigenvalue weighted by Gasteiger charge is 2.44. The number of amides is 3. The maximum Gasteiger partial charge on any atom is 0.311 e. The molecule has 1 saturated heterocycles. The van der Waals surface area contributed by atoms with Crippen LogP contribution in [0.25, 0.3) is 0 Å². The smallest absolute Gasteiger partial charge is 0.311 e. The van der Waals surface area contributed by atoms with E-state index < -0.39 is 53.9 Å². The van der Waals surface area contributed by atoms with Crippen molar-refractivity contribution in [3.63, 3.8) is 0 Å². The molecule has 2 aromatic rings. The van der Waals surface area contributed by atoms with Crippen LogP contribution in [0.15, 0.2) is 36.4 Å². The molecule has 218 valence electrons. The van der Waals surface area contributed by atoms with Gasteiger partial charge in [0, 0.05) is 18.7 Å². The minimum Gasteiger partial charge on any atom is -0.507 e. The molecule has 2 aliphatic heterocycles. The Bertz CT molecular complexity index is 1370. The van der Waals surface area contributed by atoms with Crippen LogP contribution in [0.5, 0.6) is 5.75 Å². The number of Topliss-reactive ketones (excluding diaryl/α,β-unsaturated/α-hetero) is 1. The molecule has 0 spiro atoms. The Kier molecular flexibility index (Phi) is 8.59. The molecule has 41 heavy (non-hydrogen) atoms. The normalized spacial score (nSPS) is 20.8. The maximum absolute atomic E-state index is 13.7. The lowest BCUT2D eigenvalue weighted by Crippen LogP contribution is -2.56. The number of aliphatic hydroxyl groups excluding tert-OH is 1. The Balaban J connectivity index is 1.53. The average molecular weight is 569 g/mol. The summed E-state index contributed by atoms with van der Waals surface area (Å²) in [5.41, 5.74) is 0.391. The predicted molar refractivity (Wildman–Crippen MR) is 145 cm³/mol. The topological polar surface area (TPSA) is 184 Å². The lowest BCUT2D eigenvalue weighted by atomic mass is 10.0. The summed E-state index contributed by atoms with van der Waals surface area (Å²) in [4.78, 5) is 65.7. The standard InChI is InChI=1S/C28H32N4O9/c1-4-41-28(11-22(34)40-14-28)31-21(33)13-32-20-8-6-5-7-19(20)29-12-18(27(32)39)24(36)26(38)30-25(37)17-9-15(2)23(35)16(3)10-17/h5-10,18,26,29,35,38H,4,11-14H2,1-3H3,(H,30,37)(H,31,33)/t18-,26?,28-/m0/s1. The Morgan fingerprint density at radius 2 is 1.88 bits per heavy atom. The van der Waals surface area contributed by atoms with Gasteiger partial charge in [-0.2, -0.15) is 0 Å². The number of phenols is 1. The first-order chi connectivity index (χ1) is 19.4. The minimum absolute atomic E-state index is 0.0243. The highest BCUT2D eigenvalue weighted by atomic mass is 16.6. The van der Waals surface area contributed by atoms with Crippen LogP contribution >= 0.6 is 0 Å². The molecule has 0 bridgehead atoms. The summed E-state index contributed by atoms with van der Waals surface area (Å²) >= 11 is 0. The van der Waals surface area contributed by atoms with Gasteiger partial charge in [-0.15, -0.1) is 0 Å². The summed E-state index contributed by atoms with van der Waals surface area (Å²) in [6.07, 6.45) is -2.24. The van der Waals surface area contributed by atoms with Crippen LogP contribution < -0.4 is 20.9 Å². The number of aryl methyl sites for hydroxylation is 2. The number of anilines is 2. The maximum atomic E-state index is 13.7. The number of esters is 1. The van der Waals surface area contributed by atoms with Gasteiger partial charge < -0.3 is 40.5 Å². The van der Waals surface area contributed by atoms with Crippen LogP contribution in [0.4, 0.5) is 11.4 Å². The highest BCUT2D eigenvalue weighted by molar-refractivity contribution is 6.14. The van der Waals surface area contributed by atoms with Gasteiger partial charge >= 0.3 is 5.97 Å². The Hall–Kier alpha value is -4.49. The predicted octanol–water partition coefficient (Wildman–Crippen LogP) is 0.497. The second kappa shape index (κ2) is 11.9. The second-order valence-corrected chi connectivity index (χ2v) is 9.92. The van der Waals surface area contributed by atoms with Gasteiger partial charge in [-0.1, -0.05) is 12.1 Å². The number of para-hydroxylation sites is 2. The van der Waals surface area contributed by atoms with Gasteiger partial charge in [-0.3, -0.25) is 24.0 Å². The van der Waals surface area contributed by atoms with E-state index in [1.807, 2.05) is 0 Å². The summed E-state index contributed by atoms with van der Waals surface area (Å²) in [5.74, 6) is -5.20. The zero-order valence-corrected chi connectivity index (χ0v) is 22.9. The number of nitrogens with zero attached hydrogens (tertiary/aromatic N) is 1. The number of phenolic OH excluding ortho intramolecular Hbond substituents is 1. The first kappa shape index (κ1) is 29.5. The SMILES string of the molecule is CCO[C@]1(NC(=O)CN2C(=O)[C@H](C(=O)C(O)NC(=O)c3cc(C)c(O)c(C)c3)CNc3ccccc32)COC(=O)C1. The fourth-order valence-electron chi connectivity index (χ4n) is 4.86. The van der Waals surface area contributed by atoms with E-state index in [9.17, 15) is 34.2 Å². The number of cyclic esters (lactones) is 1. The summed E-state index contributed by atoms with van der Waals surface area (Å²) in [6.45, 7) is 4.17. The van der Waals surface area contributed by atoms with Gasteiger partial charge in [0.25, 0.3) is 5.91 Å². The summed E-state index contributed by atoms with van der Waals surface area (Å²) in [7, 11) is 0. The largest absolute Gasteiger partial charge is 0.507 e. The van der Waals surface area contributed by atoms with Crippen LogP contribution in [0.3, 0.4) is 0 Å². The average Bonchev–Trinajstić information content (AvgIpc) is 3.22. The Labute approximate surface area is 235 Å². The van der Waals surface area contributed by atoms with Gasteiger partial charge in [-0.25, -0.2) is 0 Å². The summed E-state index contributed by atoms with van der Waals surface area (Å²) in [6, 6.07) is 9.43. The van der Waals surface area contributed by atoms with Gasteiger partial charge in [0.15, 0.2) is 17.7 Å². The van der Waals surface area contributed by atoms with Crippen LogP contribution in [-0.2, 0) is 28.7 Å². The number of fused-ring (bicyclic) bond motifs is 1. The van der Waals surface area contributed by atoms with Gasteiger partial charge in [0.05, 0.1) is 17.8 Å². The zero-order chi connectivity index (χ0) is 29.9. The molecule has 2 aromatic carbocycles. The number of nitrogens with one attached hydrogen (secondary N) is 3. The van der Waals surface area contributed by atoms with E-state index in [4.69, 9.17) is 9.47 Å². The summed E-state index contributed by atoms with van der Waals surface area (Å²) in [5, 5.41) is 28.4. The van der Waals surface area contributed by atoms with Crippen molar-refractivity contribution in [2.75, 3.05) is 36.5 Å². The van der Waals surface area contributed by atoms with E-state index in [0.717, 1.165) is 4.90 Å². The highest BCUT2D eigenvalue weighted by Crippen LogP contribution is 2.31. The van der Waals surface area contributed by atoms with Gasteiger partial charge in [0.1, 0.15) is 24.8 Å². The number of hydrogen-bond donors (Lipinski definition) is 5. The van der Waals surface area contributed by atoms with Gasteiger partial charge in [-0.05, 0) is 56.2 Å². The lowest BCUT2D eigenvalue weighted by Gasteiger charge is -2.30. The van der Waals surface area contributed by atoms with E-state index in [0.29, 0.717) is 22.5 Å². The van der Waals surface area contributed by atoms with Crippen molar-refractivity contribution in [2.24, 2.45) is 5.92 Å². The van der Waals surface area contributed by atoms with E-state index in [1.54, 1.807) is 45.0 Å². The number of carbonyl (C=O) groups is 5. The zero-order valence-electron chi connectivity index (χ0n) is 22.9. The second-order valence-electron chi connectivity index (χ2n) is 9.92.